The molecular formula is C18H16BrN5O. The van der Waals surface area contributed by atoms with Crippen LogP contribution in [0.2, 0.25) is 0 Å². The molecule has 0 aliphatic rings. The largest absolute Gasteiger partial charge is 0.363 e. The number of benzene rings is 1. The minimum atomic E-state index is -0.134. The van der Waals surface area contributed by atoms with E-state index in [1.165, 1.54) is 0 Å². The number of rotatable bonds is 6. The Bertz CT molecular complexity index is 822. The van der Waals surface area contributed by atoms with Gasteiger partial charge in [0, 0.05) is 10.7 Å². The zero-order chi connectivity index (χ0) is 17.5. The summed E-state index contributed by atoms with van der Waals surface area (Å²) in [5, 5.41) is 13.9. The molecule has 0 aliphatic heterocycles. The van der Waals surface area contributed by atoms with E-state index in [0.717, 1.165) is 15.7 Å². The van der Waals surface area contributed by atoms with Crippen molar-refractivity contribution in [2.75, 3.05) is 10.6 Å². The van der Waals surface area contributed by atoms with Crippen LogP contribution in [0.1, 0.15) is 11.3 Å². The van der Waals surface area contributed by atoms with Crippen LogP contribution in [0.15, 0.2) is 65.3 Å². The third-order valence-electron chi connectivity index (χ3n) is 3.39. The minimum absolute atomic E-state index is 0.134. The van der Waals surface area contributed by atoms with Gasteiger partial charge in [0.2, 0.25) is 5.91 Å². The van der Waals surface area contributed by atoms with Gasteiger partial charge in [0.15, 0.2) is 5.82 Å². The molecule has 25 heavy (non-hydrogen) atoms. The fourth-order valence-electron chi connectivity index (χ4n) is 2.15. The van der Waals surface area contributed by atoms with Gasteiger partial charge in [-0.3, -0.25) is 9.78 Å². The molecule has 0 radical (unpaired) electrons. The summed E-state index contributed by atoms with van der Waals surface area (Å²) in [5.74, 6) is 0.910. The fourth-order valence-corrected chi connectivity index (χ4v) is 2.42. The van der Waals surface area contributed by atoms with Crippen molar-refractivity contribution in [1.29, 1.82) is 0 Å². The minimum Gasteiger partial charge on any atom is -0.363 e. The van der Waals surface area contributed by atoms with Crippen LogP contribution in [0.3, 0.4) is 0 Å². The molecule has 7 heteroatoms. The van der Waals surface area contributed by atoms with Gasteiger partial charge < -0.3 is 10.6 Å². The quantitative estimate of drug-likeness (QED) is 0.665. The summed E-state index contributed by atoms with van der Waals surface area (Å²) in [6.07, 6.45) is 2.03. The number of hydrogen-bond acceptors (Lipinski definition) is 5. The van der Waals surface area contributed by atoms with Crippen molar-refractivity contribution in [1.82, 2.24) is 15.2 Å². The lowest BCUT2D eigenvalue weighted by Gasteiger charge is -2.07. The number of hydrogen-bond donors (Lipinski definition) is 2. The summed E-state index contributed by atoms with van der Waals surface area (Å²) in [5.41, 5.74) is 1.85. The molecule has 0 fully saturated rings. The van der Waals surface area contributed by atoms with Crippen molar-refractivity contribution in [3.63, 3.8) is 0 Å². The van der Waals surface area contributed by atoms with Crippen LogP contribution in [-0.4, -0.2) is 21.1 Å². The van der Waals surface area contributed by atoms with Crippen LogP contribution < -0.4 is 10.6 Å². The lowest BCUT2D eigenvalue weighted by Crippen LogP contribution is -2.16. The Morgan fingerprint density at radius 3 is 2.40 bits per heavy atom. The lowest BCUT2D eigenvalue weighted by molar-refractivity contribution is -0.115. The molecule has 2 aromatic heterocycles. The number of aromatic nitrogens is 3. The van der Waals surface area contributed by atoms with Gasteiger partial charge in [-0.15, -0.1) is 10.2 Å². The van der Waals surface area contributed by atoms with Gasteiger partial charge in [0.25, 0.3) is 0 Å². The van der Waals surface area contributed by atoms with Crippen LogP contribution in [-0.2, 0) is 17.8 Å². The summed E-state index contributed by atoms with van der Waals surface area (Å²) in [6.45, 7) is 0.560. The highest BCUT2D eigenvalue weighted by molar-refractivity contribution is 9.10. The Kier molecular flexibility index (Phi) is 5.69. The summed E-state index contributed by atoms with van der Waals surface area (Å²) < 4.78 is 0.983. The maximum absolute atomic E-state index is 12.0. The smallest absolute Gasteiger partial charge is 0.229 e. The summed E-state index contributed by atoms with van der Waals surface area (Å²) in [6, 6.07) is 16.8. The topological polar surface area (TPSA) is 79.8 Å². The van der Waals surface area contributed by atoms with Crippen LogP contribution in [0, 0.1) is 0 Å². The number of nitrogens with zero attached hydrogens (tertiary/aromatic N) is 3. The van der Waals surface area contributed by atoms with E-state index in [9.17, 15) is 4.79 Å². The third kappa shape index (κ3) is 5.36. The molecule has 0 bridgehead atoms. The molecule has 0 saturated carbocycles. The van der Waals surface area contributed by atoms with Crippen molar-refractivity contribution in [3.8, 4) is 0 Å². The molecule has 1 aromatic carbocycles. The Hall–Kier alpha value is -2.80. The molecule has 0 aliphatic carbocycles. The molecule has 0 spiro atoms. The van der Waals surface area contributed by atoms with E-state index in [-0.39, 0.29) is 12.3 Å². The van der Waals surface area contributed by atoms with Crippen molar-refractivity contribution >= 4 is 33.5 Å². The van der Waals surface area contributed by atoms with Crippen molar-refractivity contribution in [2.24, 2.45) is 0 Å². The van der Waals surface area contributed by atoms with Gasteiger partial charge in [-0.05, 0) is 42.0 Å². The first kappa shape index (κ1) is 17.0. The van der Waals surface area contributed by atoms with Gasteiger partial charge in [0.05, 0.1) is 18.7 Å². The molecule has 1 amide bonds. The molecule has 0 atom stereocenters. The SMILES string of the molecule is O=C(Cc1ccc(Br)cc1)Nc1ccc(NCc2ccccn2)nn1. The molecule has 2 N–H and O–H groups in total. The van der Waals surface area contributed by atoms with Crippen LogP contribution >= 0.6 is 15.9 Å². The molecule has 2 heterocycles. The second-order valence-corrected chi connectivity index (χ2v) is 6.25. The molecule has 3 rings (SSSR count). The van der Waals surface area contributed by atoms with E-state index in [0.29, 0.717) is 18.2 Å². The standard InChI is InChI=1S/C18H16BrN5O/c19-14-6-4-13(5-7-14)11-18(25)22-17-9-8-16(23-24-17)21-12-15-3-1-2-10-20-15/h1-10H,11-12H2,(H,21,23)(H,22,24,25). The number of amides is 1. The molecule has 6 nitrogen and oxygen atoms in total. The maximum atomic E-state index is 12.0. The number of halogens is 1. The van der Waals surface area contributed by atoms with Crippen LogP contribution in [0.5, 0.6) is 0 Å². The molecule has 126 valence electrons. The molecular weight excluding hydrogens is 382 g/mol. The number of carbonyl (C=O) groups is 1. The normalized spacial score (nSPS) is 10.3. The first-order valence-corrected chi connectivity index (χ1v) is 8.50. The van der Waals surface area contributed by atoms with Crippen molar-refractivity contribution in [3.05, 3.63) is 76.5 Å². The Morgan fingerprint density at radius 2 is 1.72 bits per heavy atom. The Morgan fingerprint density at radius 1 is 0.960 bits per heavy atom. The van der Waals surface area contributed by atoms with E-state index < -0.39 is 0 Å². The summed E-state index contributed by atoms with van der Waals surface area (Å²) >= 11 is 3.37. The molecule has 0 saturated heterocycles. The van der Waals surface area contributed by atoms with E-state index in [1.807, 2.05) is 42.5 Å². The van der Waals surface area contributed by atoms with Crippen LogP contribution in [0.4, 0.5) is 11.6 Å². The van der Waals surface area contributed by atoms with Gasteiger partial charge in [-0.1, -0.05) is 34.1 Å². The molecule has 3 aromatic rings. The van der Waals surface area contributed by atoms with Crippen molar-refractivity contribution in [2.45, 2.75) is 13.0 Å². The highest BCUT2D eigenvalue weighted by Crippen LogP contribution is 2.12. The second-order valence-electron chi connectivity index (χ2n) is 5.33. The predicted molar refractivity (Wildman–Crippen MR) is 100 cm³/mol. The number of carbonyl (C=O) groups excluding carboxylic acids is 1. The highest BCUT2D eigenvalue weighted by Gasteiger charge is 2.06. The van der Waals surface area contributed by atoms with E-state index in [1.54, 1.807) is 18.3 Å². The molecule has 0 unspecified atom stereocenters. The van der Waals surface area contributed by atoms with E-state index >= 15 is 0 Å². The maximum Gasteiger partial charge on any atom is 0.229 e. The van der Waals surface area contributed by atoms with Gasteiger partial charge in [-0.25, -0.2) is 0 Å². The zero-order valence-electron chi connectivity index (χ0n) is 13.3. The first-order valence-electron chi connectivity index (χ1n) is 7.71. The van der Waals surface area contributed by atoms with Gasteiger partial charge in [0.1, 0.15) is 5.82 Å². The van der Waals surface area contributed by atoms with Crippen molar-refractivity contribution < 1.29 is 4.79 Å². The fraction of sp³-hybridized carbons (Fsp3) is 0.111. The van der Waals surface area contributed by atoms with E-state index in [4.69, 9.17) is 0 Å². The Balaban J connectivity index is 1.51. The Labute approximate surface area is 153 Å². The third-order valence-corrected chi connectivity index (χ3v) is 3.92. The van der Waals surface area contributed by atoms with Gasteiger partial charge >= 0.3 is 0 Å². The lowest BCUT2D eigenvalue weighted by atomic mass is 10.1. The highest BCUT2D eigenvalue weighted by atomic mass is 79.9. The van der Waals surface area contributed by atoms with Crippen LogP contribution in [0.25, 0.3) is 0 Å². The average molecular weight is 398 g/mol. The number of anilines is 2. The monoisotopic (exact) mass is 397 g/mol. The van der Waals surface area contributed by atoms with E-state index in [2.05, 4.69) is 41.7 Å². The number of pyridine rings is 1. The predicted octanol–water partition coefficient (Wildman–Crippen LogP) is 3.43. The zero-order valence-corrected chi connectivity index (χ0v) is 14.9. The summed E-state index contributed by atoms with van der Waals surface area (Å²) in [7, 11) is 0. The average Bonchev–Trinajstić information content (AvgIpc) is 2.64. The van der Waals surface area contributed by atoms with Gasteiger partial charge in [-0.2, -0.15) is 0 Å². The summed E-state index contributed by atoms with van der Waals surface area (Å²) in [4.78, 5) is 16.3. The number of nitrogens with one attached hydrogen (secondary N) is 2. The second kappa shape index (κ2) is 8.34. The first-order chi connectivity index (χ1) is 12.2.